The first-order valence-corrected chi connectivity index (χ1v) is 11.8. The van der Waals surface area contributed by atoms with E-state index in [2.05, 4.69) is 14.9 Å². The molecule has 1 saturated heterocycles. The second kappa shape index (κ2) is 8.42. The van der Waals surface area contributed by atoms with E-state index in [0.717, 1.165) is 43.2 Å². The number of anilines is 1. The topological polar surface area (TPSA) is 69.5 Å². The first kappa shape index (κ1) is 23.7. The van der Waals surface area contributed by atoms with E-state index in [1.54, 1.807) is 10.6 Å². The number of nitrogens with zero attached hydrogens (tertiary/aromatic N) is 4. The molecule has 0 radical (unpaired) electrons. The van der Waals surface area contributed by atoms with Gasteiger partial charge in [-0.15, -0.1) is 0 Å². The predicted octanol–water partition coefficient (Wildman–Crippen LogP) is 5.07. The van der Waals surface area contributed by atoms with Gasteiger partial charge in [-0.1, -0.05) is 6.42 Å². The summed E-state index contributed by atoms with van der Waals surface area (Å²) < 4.78 is 80.1. The van der Waals surface area contributed by atoms with Gasteiger partial charge in [0, 0.05) is 37.5 Å². The van der Waals surface area contributed by atoms with E-state index in [1.807, 2.05) is 0 Å². The molecule has 6 rings (SSSR count). The highest BCUT2D eigenvalue weighted by Gasteiger charge is 2.50. The van der Waals surface area contributed by atoms with Crippen molar-refractivity contribution in [3.05, 3.63) is 69.9 Å². The number of alkyl halides is 3. The lowest BCUT2D eigenvalue weighted by molar-refractivity contribution is -0.141. The van der Waals surface area contributed by atoms with E-state index in [4.69, 9.17) is 9.47 Å². The molecule has 2 aromatic heterocycles. The highest BCUT2D eigenvalue weighted by atomic mass is 19.4. The fourth-order valence-electron chi connectivity index (χ4n) is 5.50. The van der Waals surface area contributed by atoms with Crippen LogP contribution in [0, 0.1) is 17.0 Å². The van der Waals surface area contributed by atoms with Gasteiger partial charge in [-0.05, 0) is 48.4 Å². The Hall–Kier alpha value is -3.70. The maximum absolute atomic E-state index is 14.6. The minimum atomic E-state index is -4.74. The van der Waals surface area contributed by atoms with Crippen LogP contribution in [-0.2, 0) is 19.3 Å². The number of aromatic nitrogens is 3. The first-order chi connectivity index (χ1) is 17.6. The van der Waals surface area contributed by atoms with Crippen molar-refractivity contribution in [1.29, 1.82) is 0 Å². The number of benzene rings is 1. The van der Waals surface area contributed by atoms with Gasteiger partial charge in [-0.2, -0.15) is 18.2 Å². The zero-order chi connectivity index (χ0) is 25.9. The summed E-state index contributed by atoms with van der Waals surface area (Å²) in [6.07, 6.45) is 0.763. The number of pyridine rings is 1. The third-order valence-electron chi connectivity index (χ3n) is 7.37. The lowest BCUT2D eigenvalue weighted by Crippen LogP contribution is -2.34. The number of halogens is 5. The van der Waals surface area contributed by atoms with Crippen molar-refractivity contribution in [3.8, 4) is 17.4 Å². The van der Waals surface area contributed by atoms with Gasteiger partial charge in [0.05, 0.1) is 0 Å². The average molecular weight is 520 g/mol. The van der Waals surface area contributed by atoms with Gasteiger partial charge in [0.1, 0.15) is 23.9 Å². The van der Waals surface area contributed by atoms with Gasteiger partial charge >= 0.3 is 11.9 Å². The summed E-state index contributed by atoms with van der Waals surface area (Å²) in [4.78, 5) is 21.9. The molecule has 37 heavy (non-hydrogen) atoms. The molecule has 1 saturated carbocycles. The summed E-state index contributed by atoms with van der Waals surface area (Å²) >= 11 is 0. The van der Waals surface area contributed by atoms with Crippen LogP contribution in [0.1, 0.15) is 36.9 Å². The Bertz CT molecular complexity index is 1410. The lowest BCUT2D eigenvalue weighted by atomic mass is 9.67. The summed E-state index contributed by atoms with van der Waals surface area (Å²) in [7, 11) is 0. The van der Waals surface area contributed by atoms with Crippen LogP contribution in [0.5, 0.6) is 17.4 Å². The number of fused-ring (bicyclic) bond motifs is 3. The largest absolute Gasteiger partial charge is 0.473 e. The Balaban J connectivity index is 1.17. The minimum absolute atomic E-state index is 0.0454. The fourth-order valence-corrected chi connectivity index (χ4v) is 5.50. The number of ether oxygens (including phenoxy) is 2. The second-order valence-corrected chi connectivity index (χ2v) is 9.84. The maximum atomic E-state index is 14.6. The summed E-state index contributed by atoms with van der Waals surface area (Å²) in [5.41, 5.74) is -1.28. The molecule has 2 aliphatic heterocycles. The lowest BCUT2D eigenvalue weighted by Gasteiger charge is -2.38. The van der Waals surface area contributed by atoms with Crippen molar-refractivity contribution >= 4 is 5.82 Å². The van der Waals surface area contributed by atoms with Gasteiger partial charge in [-0.25, -0.2) is 13.6 Å². The molecule has 4 heterocycles. The molecule has 3 aliphatic rings. The number of hydrogen-bond acceptors (Lipinski definition) is 6. The molecular formula is C25H21F5N4O3. The first-order valence-electron chi connectivity index (χ1n) is 11.8. The highest BCUT2D eigenvalue weighted by Crippen LogP contribution is 2.53. The smallest absolute Gasteiger partial charge is 0.433 e. The van der Waals surface area contributed by atoms with Crippen LogP contribution in [-0.4, -0.2) is 27.1 Å². The Kier molecular flexibility index (Phi) is 5.39. The monoisotopic (exact) mass is 520 g/mol. The number of rotatable bonds is 5. The van der Waals surface area contributed by atoms with Crippen molar-refractivity contribution in [2.75, 3.05) is 11.4 Å². The molecule has 1 aromatic carbocycles. The summed E-state index contributed by atoms with van der Waals surface area (Å²) in [5.74, 6) is -2.75. The Labute approximate surface area is 207 Å². The van der Waals surface area contributed by atoms with Gasteiger partial charge < -0.3 is 14.4 Å². The van der Waals surface area contributed by atoms with Crippen molar-refractivity contribution in [1.82, 2.24) is 14.5 Å². The third kappa shape index (κ3) is 4.27. The van der Waals surface area contributed by atoms with E-state index in [9.17, 15) is 26.7 Å². The molecule has 1 unspecified atom stereocenters. The van der Waals surface area contributed by atoms with Crippen LogP contribution in [0.25, 0.3) is 0 Å². The normalized spacial score (nSPS) is 19.5. The van der Waals surface area contributed by atoms with E-state index in [1.165, 1.54) is 19.3 Å². The van der Waals surface area contributed by atoms with Gasteiger partial charge in [0.2, 0.25) is 5.88 Å². The molecule has 12 heteroatoms. The fraction of sp³-hybridized carbons (Fsp3) is 0.400. The van der Waals surface area contributed by atoms with Crippen molar-refractivity contribution < 1.29 is 31.4 Å². The van der Waals surface area contributed by atoms with Crippen LogP contribution in [0.15, 0.2) is 41.3 Å². The van der Waals surface area contributed by atoms with Crippen molar-refractivity contribution in [2.45, 2.75) is 51.1 Å². The van der Waals surface area contributed by atoms with E-state index < -0.39 is 40.7 Å². The Morgan fingerprint density at radius 3 is 2.54 bits per heavy atom. The summed E-state index contributed by atoms with van der Waals surface area (Å²) in [6.45, 7) is 1.19. The van der Waals surface area contributed by atoms with Crippen LogP contribution < -0.4 is 20.1 Å². The van der Waals surface area contributed by atoms with Crippen LogP contribution in [0.3, 0.4) is 0 Å². The molecule has 2 fully saturated rings. The maximum Gasteiger partial charge on any atom is 0.433 e. The molecule has 194 valence electrons. The molecule has 0 amide bonds. The van der Waals surface area contributed by atoms with Crippen LogP contribution in [0.4, 0.5) is 27.8 Å². The molecule has 1 aliphatic carbocycles. The Morgan fingerprint density at radius 2 is 1.86 bits per heavy atom. The molecule has 3 aromatic rings. The summed E-state index contributed by atoms with van der Waals surface area (Å²) in [5, 5.41) is 0. The average Bonchev–Trinajstić information content (AvgIpc) is 3.36. The second-order valence-electron chi connectivity index (χ2n) is 9.84. The minimum Gasteiger partial charge on any atom is -0.473 e. The van der Waals surface area contributed by atoms with Crippen molar-refractivity contribution in [3.63, 3.8) is 0 Å². The van der Waals surface area contributed by atoms with Crippen LogP contribution >= 0.6 is 0 Å². The van der Waals surface area contributed by atoms with E-state index in [0.29, 0.717) is 18.0 Å². The highest BCUT2D eigenvalue weighted by molar-refractivity contribution is 5.49. The Morgan fingerprint density at radius 1 is 1.11 bits per heavy atom. The van der Waals surface area contributed by atoms with Gasteiger partial charge in [0.15, 0.2) is 17.4 Å². The van der Waals surface area contributed by atoms with Crippen LogP contribution in [0.2, 0.25) is 0 Å². The quantitative estimate of drug-likeness (QED) is 0.438. The molecule has 1 spiro atoms. The zero-order valence-electron chi connectivity index (χ0n) is 19.4. The predicted molar refractivity (Wildman–Crippen MR) is 121 cm³/mol. The van der Waals surface area contributed by atoms with E-state index >= 15 is 0 Å². The zero-order valence-corrected chi connectivity index (χ0v) is 19.4. The van der Waals surface area contributed by atoms with Gasteiger partial charge in [-0.3, -0.25) is 9.55 Å². The molecule has 0 N–H and O–H groups in total. The third-order valence-corrected chi connectivity index (χ3v) is 7.37. The summed E-state index contributed by atoms with van der Waals surface area (Å²) in [6, 6.07) is 5.42. The van der Waals surface area contributed by atoms with Gasteiger partial charge in [0.25, 0.3) is 0 Å². The SMILES string of the molecule is O=c1nc(OCc2cc(F)c(Oc3ccnc(C(F)(F)F)c3)c(F)c2)cc2n1CC1CC3(CCC3)CN21. The molecular weight excluding hydrogens is 499 g/mol. The van der Waals surface area contributed by atoms with E-state index in [-0.39, 0.29) is 24.1 Å². The number of hydrogen-bond donors (Lipinski definition) is 0. The molecule has 0 bridgehead atoms. The van der Waals surface area contributed by atoms with Crippen molar-refractivity contribution in [2.24, 2.45) is 5.41 Å². The molecule has 7 nitrogen and oxygen atoms in total. The molecule has 1 atom stereocenters. The standard InChI is InChI=1S/C25H21F5N4O3/c26-17-6-14(7-18(27)22(17)37-16-2-5-31-19(8-16)25(28,29)30)12-36-20-9-21-33(23(35)32-20)11-15-10-24(3-1-4-24)13-34(15)21/h2,5-9,15H,1,3-4,10-13H2.